The van der Waals surface area contributed by atoms with E-state index in [9.17, 15) is 4.79 Å². The summed E-state index contributed by atoms with van der Waals surface area (Å²) in [7, 11) is 2.15. The topological polar surface area (TPSA) is 79.8 Å². The first-order valence-electron chi connectivity index (χ1n) is 10.7. The van der Waals surface area contributed by atoms with Crippen molar-refractivity contribution in [3.05, 3.63) is 53.7 Å². The monoisotopic (exact) mass is 459 g/mol. The van der Waals surface area contributed by atoms with Gasteiger partial charge < -0.3 is 9.64 Å². The third-order valence-corrected chi connectivity index (χ3v) is 5.34. The second kappa shape index (κ2) is 11.9. The molecular formula is C24H33N3O4S. The van der Waals surface area contributed by atoms with E-state index in [1.54, 1.807) is 0 Å². The summed E-state index contributed by atoms with van der Waals surface area (Å²) >= 11 is -0.750. The van der Waals surface area contributed by atoms with Crippen molar-refractivity contribution in [2.45, 2.75) is 58.7 Å². The fourth-order valence-electron chi connectivity index (χ4n) is 3.65. The SMILES string of the molecule is Cc1ccc(-c2ccc(CN(C)C3CCN(C(=O)OC(C)(C)C)CC3)cn2)cc1.O=S=O. The van der Waals surface area contributed by atoms with E-state index in [0.29, 0.717) is 6.04 Å². The summed E-state index contributed by atoms with van der Waals surface area (Å²) in [5.74, 6) is 0. The quantitative estimate of drug-likeness (QED) is 0.681. The Morgan fingerprint density at radius 3 is 2.22 bits per heavy atom. The molecule has 7 nitrogen and oxygen atoms in total. The number of aryl methyl sites for hydroxylation is 1. The highest BCUT2D eigenvalue weighted by molar-refractivity contribution is 7.51. The molecule has 0 N–H and O–H groups in total. The number of aromatic nitrogens is 1. The van der Waals surface area contributed by atoms with Crippen molar-refractivity contribution >= 4 is 17.7 Å². The number of hydrogen-bond donors (Lipinski definition) is 0. The molecule has 0 spiro atoms. The molecule has 0 unspecified atom stereocenters. The maximum absolute atomic E-state index is 12.2. The lowest BCUT2D eigenvalue weighted by Crippen LogP contribution is -2.46. The van der Waals surface area contributed by atoms with Crippen molar-refractivity contribution < 1.29 is 17.9 Å². The van der Waals surface area contributed by atoms with Gasteiger partial charge in [0.2, 0.25) is 0 Å². The Bertz CT molecular complexity index is 896. The number of pyridine rings is 1. The molecule has 0 aliphatic carbocycles. The van der Waals surface area contributed by atoms with Crippen molar-refractivity contribution in [2.75, 3.05) is 20.1 Å². The van der Waals surface area contributed by atoms with Crippen LogP contribution in [-0.2, 0) is 22.9 Å². The third kappa shape index (κ3) is 8.16. The van der Waals surface area contributed by atoms with E-state index in [1.165, 1.54) is 11.1 Å². The molecular weight excluding hydrogens is 426 g/mol. The Hall–Kier alpha value is -2.58. The van der Waals surface area contributed by atoms with E-state index in [0.717, 1.165) is 43.7 Å². The van der Waals surface area contributed by atoms with Crippen LogP contribution in [0.1, 0.15) is 44.7 Å². The minimum atomic E-state index is -0.750. The molecule has 0 bridgehead atoms. The van der Waals surface area contributed by atoms with Gasteiger partial charge in [0.05, 0.1) is 5.69 Å². The molecule has 1 aromatic heterocycles. The zero-order chi connectivity index (χ0) is 23.7. The molecule has 2 heterocycles. The van der Waals surface area contributed by atoms with Crippen LogP contribution in [0.2, 0.25) is 0 Å². The van der Waals surface area contributed by atoms with E-state index in [2.05, 4.69) is 60.3 Å². The van der Waals surface area contributed by atoms with Gasteiger partial charge in [-0.2, -0.15) is 8.42 Å². The summed E-state index contributed by atoms with van der Waals surface area (Å²) in [5, 5.41) is 0. The predicted octanol–water partition coefficient (Wildman–Crippen LogP) is 4.22. The number of nitrogens with zero attached hydrogens (tertiary/aromatic N) is 3. The molecule has 1 aliphatic heterocycles. The molecule has 1 amide bonds. The number of piperidine rings is 1. The van der Waals surface area contributed by atoms with Gasteiger partial charge in [-0.25, -0.2) is 4.79 Å². The molecule has 1 aromatic carbocycles. The van der Waals surface area contributed by atoms with Crippen LogP contribution in [0.3, 0.4) is 0 Å². The highest BCUT2D eigenvalue weighted by atomic mass is 32.1. The first kappa shape index (κ1) is 25.7. The molecule has 1 aliphatic rings. The lowest BCUT2D eigenvalue weighted by molar-refractivity contribution is 0.0153. The zero-order valence-electron chi connectivity index (χ0n) is 19.5. The standard InChI is InChI=1S/C24H33N3O2.O2S/c1-18-6-9-20(10-7-18)22-11-8-19(16-25-22)17-26(5)21-12-14-27(15-13-21)23(28)29-24(2,3)4;1-3-2/h6-11,16,21H,12-15,17H2,1-5H3;. The van der Waals surface area contributed by atoms with Gasteiger partial charge in [-0.1, -0.05) is 35.9 Å². The molecule has 0 saturated carbocycles. The Labute approximate surface area is 194 Å². The molecule has 0 radical (unpaired) electrons. The van der Waals surface area contributed by atoms with Gasteiger partial charge in [-0.3, -0.25) is 9.88 Å². The summed E-state index contributed by atoms with van der Waals surface area (Å²) in [6.07, 6.45) is 3.70. The van der Waals surface area contributed by atoms with E-state index in [1.807, 2.05) is 31.9 Å². The maximum atomic E-state index is 12.2. The molecule has 1 saturated heterocycles. The highest BCUT2D eigenvalue weighted by Gasteiger charge is 2.28. The number of hydrogen-bond acceptors (Lipinski definition) is 6. The van der Waals surface area contributed by atoms with Crippen LogP contribution >= 0.6 is 0 Å². The van der Waals surface area contributed by atoms with E-state index in [4.69, 9.17) is 13.2 Å². The third-order valence-electron chi connectivity index (χ3n) is 5.34. The van der Waals surface area contributed by atoms with Gasteiger partial charge >= 0.3 is 17.7 Å². The van der Waals surface area contributed by atoms with Crippen LogP contribution < -0.4 is 0 Å². The predicted molar refractivity (Wildman–Crippen MR) is 126 cm³/mol. The Kier molecular flexibility index (Phi) is 9.53. The number of benzene rings is 1. The zero-order valence-corrected chi connectivity index (χ0v) is 20.4. The molecule has 8 heteroatoms. The second-order valence-corrected chi connectivity index (χ2v) is 9.24. The smallest absolute Gasteiger partial charge is 0.410 e. The van der Waals surface area contributed by atoms with Crippen LogP contribution in [-0.4, -0.2) is 61.1 Å². The average molecular weight is 460 g/mol. The van der Waals surface area contributed by atoms with Crippen molar-refractivity contribution in [3.8, 4) is 11.3 Å². The van der Waals surface area contributed by atoms with Gasteiger partial charge in [0.1, 0.15) is 5.60 Å². The van der Waals surface area contributed by atoms with Crippen LogP contribution in [0.4, 0.5) is 4.79 Å². The first-order valence-corrected chi connectivity index (χ1v) is 11.4. The van der Waals surface area contributed by atoms with E-state index < -0.39 is 17.2 Å². The van der Waals surface area contributed by atoms with Gasteiger partial charge in [-0.15, -0.1) is 0 Å². The van der Waals surface area contributed by atoms with Crippen molar-refractivity contribution in [3.63, 3.8) is 0 Å². The Morgan fingerprint density at radius 1 is 1.12 bits per heavy atom. The average Bonchev–Trinajstić information content (AvgIpc) is 2.74. The number of carbonyl (C=O) groups excluding carboxylic acids is 1. The van der Waals surface area contributed by atoms with Crippen molar-refractivity contribution in [1.29, 1.82) is 0 Å². The minimum absolute atomic E-state index is 0.200. The first-order chi connectivity index (χ1) is 15.1. The van der Waals surface area contributed by atoms with Crippen LogP contribution in [0.15, 0.2) is 42.6 Å². The summed E-state index contributed by atoms with van der Waals surface area (Å²) in [5.41, 5.74) is 4.16. The number of rotatable bonds is 4. The van der Waals surface area contributed by atoms with Crippen LogP contribution in [0.25, 0.3) is 11.3 Å². The summed E-state index contributed by atoms with van der Waals surface area (Å²) < 4.78 is 22.1. The van der Waals surface area contributed by atoms with Gasteiger partial charge in [-0.05, 0) is 59.2 Å². The molecule has 0 atom stereocenters. The maximum Gasteiger partial charge on any atom is 0.410 e. The van der Waals surface area contributed by atoms with E-state index >= 15 is 0 Å². The van der Waals surface area contributed by atoms with Crippen molar-refractivity contribution in [1.82, 2.24) is 14.8 Å². The lowest BCUT2D eigenvalue weighted by atomic mass is 10.0. The molecule has 2 aromatic rings. The Balaban J connectivity index is 0.00000114. The van der Waals surface area contributed by atoms with Gasteiger partial charge in [0.25, 0.3) is 0 Å². The fraction of sp³-hybridized carbons (Fsp3) is 0.500. The molecule has 174 valence electrons. The van der Waals surface area contributed by atoms with E-state index in [-0.39, 0.29) is 6.09 Å². The number of ether oxygens (including phenoxy) is 1. The summed E-state index contributed by atoms with van der Waals surface area (Å²) in [6, 6.07) is 13.2. The van der Waals surface area contributed by atoms with Crippen molar-refractivity contribution in [2.24, 2.45) is 0 Å². The fourth-order valence-corrected chi connectivity index (χ4v) is 3.65. The van der Waals surface area contributed by atoms with Gasteiger partial charge in [0, 0.05) is 37.4 Å². The highest BCUT2D eigenvalue weighted by Crippen LogP contribution is 2.21. The molecule has 3 rings (SSSR count). The Morgan fingerprint density at radius 2 is 1.72 bits per heavy atom. The minimum Gasteiger partial charge on any atom is -0.444 e. The van der Waals surface area contributed by atoms with Crippen LogP contribution in [0, 0.1) is 6.92 Å². The largest absolute Gasteiger partial charge is 0.444 e. The summed E-state index contributed by atoms with van der Waals surface area (Å²) in [4.78, 5) is 21.1. The normalized spacial score (nSPS) is 14.5. The molecule has 32 heavy (non-hydrogen) atoms. The molecule has 1 fully saturated rings. The summed E-state index contributed by atoms with van der Waals surface area (Å²) in [6.45, 7) is 10.2. The number of carbonyl (C=O) groups is 1. The second-order valence-electron chi connectivity index (χ2n) is 9.10. The lowest BCUT2D eigenvalue weighted by Gasteiger charge is -2.37. The van der Waals surface area contributed by atoms with Crippen LogP contribution in [0.5, 0.6) is 0 Å². The number of likely N-dealkylation sites (tertiary alicyclic amines) is 1. The number of amides is 1. The van der Waals surface area contributed by atoms with Gasteiger partial charge in [0.15, 0.2) is 0 Å².